The molecule has 1 aromatic carbocycles. The Morgan fingerprint density at radius 1 is 1.25 bits per heavy atom. The lowest BCUT2D eigenvalue weighted by atomic mass is 10.2. The average molecular weight is 456 g/mol. The fourth-order valence-electron chi connectivity index (χ4n) is 3.56. The Bertz CT molecular complexity index is 1100. The lowest BCUT2D eigenvalue weighted by molar-refractivity contribution is -0.118. The molecular weight excluding hydrogens is 430 g/mol. The molecule has 168 valence electrons. The van der Waals surface area contributed by atoms with Crippen LogP contribution in [0.25, 0.3) is 10.2 Å². The number of esters is 1. The lowest BCUT2D eigenvalue weighted by Crippen LogP contribution is -2.31. The minimum atomic E-state index is -0.519. The number of ether oxygens (including phenoxy) is 3. The molecule has 1 N–H and O–H groups in total. The number of benzene rings is 1. The third kappa shape index (κ3) is 5.07. The maximum atomic E-state index is 12.5. The zero-order chi connectivity index (χ0) is 22.5. The van der Waals surface area contributed by atoms with Crippen molar-refractivity contribution in [1.29, 1.82) is 0 Å². The number of nitrogens with zero attached hydrogens (tertiary/aromatic N) is 2. The smallest absolute Gasteiger partial charge is 0.350 e. The molecule has 1 aliphatic heterocycles. The number of rotatable bonds is 8. The first-order valence-corrected chi connectivity index (χ1v) is 11.1. The van der Waals surface area contributed by atoms with Crippen LogP contribution in [0.1, 0.15) is 21.8 Å². The summed E-state index contributed by atoms with van der Waals surface area (Å²) in [6.45, 7) is 2.00. The number of hydrogen-bond donors (Lipinski definition) is 1. The van der Waals surface area contributed by atoms with Crippen LogP contribution in [0, 0.1) is 0 Å². The maximum Gasteiger partial charge on any atom is 0.350 e. The van der Waals surface area contributed by atoms with Gasteiger partial charge >= 0.3 is 5.97 Å². The summed E-state index contributed by atoms with van der Waals surface area (Å²) in [5.74, 6) is -0.299. The van der Waals surface area contributed by atoms with Gasteiger partial charge in [-0.15, -0.1) is 11.3 Å². The molecule has 1 aliphatic rings. The Labute approximate surface area is 190 Å². The number of thiophene rings is 1. The number of carbonyl (C=O) groups is 2. The van der Waals surface area contributed by atoms with Gasteiger partial charge in [-0.25, -0.2) is 9.78 Å². The fourth-order valence-corrected chi connectivity index (χ4v) is 4.63. The summed E-state index contributed by atoms with van der Waals surface area (Å²) in [6.07, 6.45) is 1.01. The third-order valence-corrected chi connectivity index (χ3v) is 6.38. The normalized spacial score (nSPS) is 15.8. The average Bonchev–Trinajstić information content (AvgIpc) is 3.46. The van der Waals surface area contributed by atoms with Crippen LogP contribution in [0.3, 0.4) is 0 Å². The second-order valence-corrected chi connectivity index (χ2v) is 8.53. The molecule has 1 amide bonds. The van der Waals surface area contributed by atoms with Crippen LogP contribution < -0.4 is 10.1 Å². The summed E-state index contributed by atoms with van der Waals surface area (Å²) in [7, 11) is 3.37. The van der Waals surface area contributed by atoms with Gasteiger partial charge in [0.25, 0.3) is 5.91 Å². The van der Waals surface area contributed by atoms with Crippen molar-refractivity contribution in [1.82, 2.24) is 9.88 Å². The predicted molar refractivity (Wildman–Crippen MR) is 122 cm³/mol. The molecule has 2 aromatic heterocycles. The molecule has 1 fully saturated rings. The van der Waals surface area contributed by atoms with Crippen LogP contribution in [-0.2, 0) is 20.8 Å². The molecule has 9 heteroatoms. The first-order chi connectivity index (χ1) is 15.5. The molecular formula is C23H25N3O5S. The minimum Gasteiger partial charge on any atom is -0.484 e. The number of anilines is 1. The number of para-hydroxylation sites is 1. The molecule has 3 aromatic rings. The van der Waals surface area contributed by atoms with E-state index in [9.17, 15) is 9.59 Å². The number of methoxy groups -OCH3 is 1. The summed E-state index contributed by atoms with van der Waals surface area (Å²) in [5.41, 5.74) is 1.28. The van der Waals surface area contributed by atoms with E-state index in [1.54, 1.807) is 12.1 Å². The molecule has 0 unspecified atom stereocenters. The van der Waals surface area contributed by atoms with Crippen LogP contribution in [0.4, 0.5) is 5.69 Å². The molecule has 0 radical (unpaired) electrons. The first-order valence-electron chi connectivity index (χ1n) is 10.3. The SMILES string of the molecule is COC(=O)c1sc2nc(CN(C)[C@H]3CCOC3)ccc2c1NC(=O)COc1ccccc1. The first kappa shape index (κ1) is 22.2. The van der Waals surface area contributed by atoms with Crippen molar-refractivity contribution >= 4 is 39.1 Å². The topological polar surface area (TPSA) is 90.0 Å². The number of pyridine rings is 1. The van der Waals surface area contributed by atoms with Crippen LogP contribution in [0.2, 0.25) is 0 Å². The van der Waals surface area contributed by atoms with Crippen molar-refractivity contribution in [3.8, 4) is 5.75 Å². The van der Waals surface area contributed by atoms with Crippen LogP contribution >= 0.6 is 11.3 Å². The number of carbonyl (C=O) groups excluding carboxylic acids is 2. The van der Waals surface area contributed by atoms with E-state index in [2.05, 4.69) is 17.3 Å². The third-order valence-electron chi connectivity index (χ3n) is 5.30. The quantitative estimate of drug-likeness (QED) is 0.521. The van der Waals surface area contributed by atoms with E-state index in [-0.39, 0.29) is 12.5 Å². The van der Waals surface area contributed by atoms with E-state index in [0.717, 1.165) is 25.3 Å². The van der Waals surface area contributed by atoms with Gasteiger partial charge in [0.15, 0.2) is 6.61 Å². The molecule has 4 rings (SSSR count). The van der Waals surface area contributed by atoms with Crippen molar-refractivity contribution in [2.24, 2.45) is 0 Å². The van der Waals surface area contributed by atoms with Crippen LogP contribution in [0.5, 0.6) is 5.75 Å². The molecule has 3 heterocycles. The molecule has 32 heavy (non-hydrogen) atoms. The molecule has 1 atom stereocenters. The molecule has 1 saturated heterocycles. The van der Waals surface area contributed by atoms with Crippen molar-refractivity contribution in [2.45, 2.75) is 19.0 Å². The summed E-state index contributed by atoms with van der Waals surface area (Å²) in [4.78, 5) is 32.8. The summed E-state index contributed by atoms with van der Waals surface area (Å²) < 4.78 is 15.9. The van der Waals surface area contributed by atoms with Gasteiger partial charge in [-0.2, -0.15) is 0 Å². The highest BCUT2D eigenvalue weighted by atomic mass is 32.1. The van der Waals surface area contributed by atoms with Gasteiger partial charge in [0, 0.05) is 24.6 Å². The van der Waals surface area contributed by atoms with Gasteiger partial charge in [-0.1, -0.05) is 18.2 Å². The molecule has 0 spiro atoms. The van der Waals surface area contributed by atoms with E-state index in [0.29, 0.717) is 39.1 Å². The predicted octanol–water partition coefficient (Wildman–Crippen LogP) is 3.32. The van der Waals surface area contributed by atoms with Crippen molar-refractivity contribution in [3.63, 3.8) is 0 Å². The summed E-state index contributed by atoms with van der Waals surface area (Å²) in [6, 6.07) is 13.2. The van der Waals surface area contributed by atoms with Crippen LogP contribution in [-0.4, -0.2) is 61.8 Å². The van der Waals surface area contributed by atoms with Crippen molar-refractivity contribution in [3.05, 3.63) is 53.0 Å². The Hall–Kier alpha value is -3.01. The Balaban J connectivity index is 1.53. The second-order valence-electron chi connectivity index (χ2n) is 7.54. The summed E-state index contributed by atoms with van der Waals surface area (Å²) in [5, 5.41) is 3.50. The molecule has 0 aliphatic carbocycles. The van der Waals surface area contributed by atoms with Crippen LogP contribution in [0.15, 0.2) is 42.5 Å². The molecule has 8 nitrogen and oxygen atoms in total. The van der Waals surface area contributed by atoms with Gasteiger partial charge in [0.2, 0.25) is 0 Å². The van der Waals surface area contributed by atoms with Gasteiger partial charge in [-0.3, -0.25) is 9.69 Å². The minimum absolute atomic E-state index is 0.179. The van der Waals surface area contributed by atoms with E-state index < -0.39 is 5.97 Å². The van der Waals surface area contributed by atoms with Gasteiger partial charge in [0.1, 0.15) is 15.5 Å². The highest BCUT2D eigenvalue weighted by molar-refractivity contribution is 7.21. The zero-order valence-corrected chi connectivity index (χ0v) is 18.8. The summed E-state index contributed by atoms with van der Waals surface area (Å²) >= 11 is 1.20. The van der Waals surface area contributed by atoms with Gasteiger partial charge < -0.3 is 19.5 Å². The van der Waals surface area contributed by atoms with E-state index >= 15 is 0 Å². The fraction of sp³-hybridized carbons (Fsp3) is 0.348. The number of hydrogen-bond acceptors (Lipinski definition) is 8. The zero-order valence-electron chi connectivity index (χ0n) is 18.0. The number of aromatic nitrogens is 1. The van der Waals surface area contributed by atoms with E-state index in [1.165, 1.54) is 18.4 Å². The van der Waals surface area contributed by atoms with E-state index in [4.69, 9.17) is 19.2 Å². The highest BCUT2D eigenvalue weighted by Gasteiger charge is 2.24. The number of amides is 1. The van der Waals surface area contributed by atoms with E-state index in [1.807, 2.05) is 30.3 Å². The molecule has 0 saturated carbocycles. The van der Waals surface area contributed by atoms with Crippen molar-refractivity contribution in [2.75, 3.05) is 39.3 Å². The standard InChI is InChI=1S/C23H25N3O5S/c1-26(16-10-11-30-13-16)12-15-8-9-18-20(21(23(28)29-2)32-22(18)24-15)25-19(27)14-31-17-6-4-3-5-7-17/h3-9,16H,10-14H2,1-2H3,(H,25,27)/t16-/m0/s1. The molecule has 0 bridgehead atoms. The van der Waals surface area contributed by atoms with Crippen molar-refractivity contribution < 1.29 is 23.8 Å². The van der Waals surface area contributed by atoms with Gasteiger partial charge in [-0.05, 0) is 37.7 Å². The number of likely N-dealkylation sites (N-methyl/N-ethyl adjacent to an activating group) is 1. The highest BCUT2D eigenvalue weighted by Crippen LogP contribution is 2.35. The number of nitrogens with one attached hydrogen (secondary N) is 1. The lowest BCUT2D eigenvalue weighted by Gasteiger charge is -2.22. The Kier molecular flexibility index (Phi) is 6.99. The Morgan fingerprint density at radius 3 is 2.78 bits per heavy atom. The largest absolute Gasteiger partial charge is 0.484 e. The second kappa shape index (κ2) is 10.1. The van der Waals surface area contributed by atoms with Gasteiger partial charge in [0.05, 0.1) is 25.1 Å². The monoisotopic (exact) mass is 455 g/mol. The Morgan fingerprint density at radius 2 is 2.06 bits per heavy atom. The maximum absolute atomic E-state index is 12.5. The number of fused-ring (bicyclic) bond motifs is 1.